The second kappa shape index (κ2) is 9.11. The Hall–Kier alpha value is -1.84. The van der Waals surface area contributed by atoms with Crippen LogP contribution in [0.25, 0.3) is 0 Å². The number of tetrazole rings is 1. The van der Waals surface area contributed by atoms with Gasteiger partial charge in [0.15, 0.2) is 5.82 Å². The molecule has 2 aromatic rings. The van der Waals surface area contributed by atoms with Crippen LogP contribution < -0.4 is 0 Å². The van der Waals surface area contributed by atoms with E-state index >= 15 is 0 Å². The van der Waals surface area contributed by atoms with Gasteiger partial charge in [0.1, 0.15) is 0 Å². The predicted octanol–water partition coefficient (Wildman–Crippen LogP) is 2.10. The zero-order valence-electron chi connectivity index (χ0n) is 17.0. The molecule has 0 saturated carbocycles. The Bertz CT molecular complexity index is 857. The van der Waals surface area contributed by atoms with Crippen molar-refractivity contribution in [1.82, 2.24) is 29.4 Å². The Labute approximate surface area is 167 Å². The molecule has 0 amide bonds. The Morgan fingerprint density at radius 2 is 1.75 bits per heavy atom. The number of hydrogen-bond donors (Lipinski definition) is 0. The van der Waals surface area contributed by atoms with Gasteiger partial charge in [0.25, 0.3) is 0 Å². The van der Waals surface area contributed by atoms with E-state index < -0.39 is 10.0 Å². The van der Waals surface area contributed by atoms with Crippen molar-refractivity contribution in [1.29, 1.82) is 0 Å². The molecule has 0 spiro atoms. The third kappa shape index (κ3) is 4.59. The summed E-state index contributed by atoms with van der Waals surface area (Å²) in [6.45, 7) is 10.1. The number of piperazine rings is 1. The molecule has 0 radical (unpaired) electrons. The van der Waals surface area contributed by atoms with E-state index in [0.717, 1.165) is 25.2 Å². The maximum absolute atomic E-state index is 13.0. The van der Waals surface area contributed by atoms with Crippen molar-refractivity contribution < 1.29 is 8.42 Å². The van der Waals surface area contributed by atoms with Gasteiger partial charge in [-0.15, -0.1) is 5.10 Å². The van der Waals surface area contributed by atoms with E-state index in [0.29, 0.717) is 43.5 Å². The van der Waals surface area contributed by atoms with Crippen LogP contribution in [-0.2, 0) is 23.1 Å². The second-order valence-corrected chi connectivity index (χ2v) is 9.31. The minimum Gasteiger partial charge on any atom is -0.293 e. The van der Waals surface area contributed by atoms with Crippen LogP contribution in [0.3, 0.4) is 0 Å². The van der Waals surface area contributed by atoms with Crippen molar-refractivity contribution >= 4 is 10.0 Å². The molecule has 9 heteroatoms. The molecule has 1 aliphatic heterocycles. The van der Waals surface area contributed by atoms with Crippen LogP contribution in [-0.4, -0.2) is 64.0 Å². The van der Waals surface area contributed by atoms with Crippen LogP contribution in [0.4, 0.5) is 0 Å². The van der Waals surface area contributed by atoms with Crippen LogP contribution in [0, 0.1) is 0 Å². The summed E-state index contributed by atoms with van der Waals surface area (Å²) in [5.74, 6) is 1.27. The maximum Gasteiger partial charge on any atom is 0.243 e. The molecule has 1 aromatic heterocycles. The first-order valence-corrected chi connectivity index (χ1v) is 11.5. The van der Waals surface area contributed by atoms with E-state index in [1.807, 2.05) is 16.8 Å². The number of rotatable bonds is 8. The van der Waals surface area contributed by atoms with Gasteiger partial charge < -0.3 is 0 Å². The Balaban J connectivity index is 1.61. The van der Waals surface area contributed by atoms with E-state index in [9.17, 15) is 8.42 Å². The van der Waals surface area contributed by atoms with Gasteiger partial charge in [-0.2, -0.15) is 4.31 Å². The van der Waals surface area contributed by atoms with E-state index in [2.05, 4.69) is 41.2 Å². The lowest BCUT2D eigenvalue weighted by Gasteiger charge is -2.33. The lowest BCUT2D eigenvalue weighted by atomic mass is 9.99. The van der Waals surface area contributed by atoms with Gasteiger partial charge in [-0.25, -0.2) is 13.1 Å². The fourth-order valence-corrected chi connectivity index (χ4v) is 4.83. The van der Waals surface area contributed by atoms with Crippen LogP contribution in [0.2, 0.25) is 0 Å². The first kappa shape index (κ1) is 20.9. The Morgan fingerprint density at radius 1 is 1.07 bits per heavy atom. The predicted molar refractivity (Wildman–Crippen MR) is 107 cm³/mol. The largest absolute Gasteiger partial charge is 0.293 e. The summed E-state index contributed by atoms with van der Waals surface area (Å²) in [5, 5.41) is 11.9. The SMILES string of the molecule is CCCn1nnnc1CN1CCN(S(=O)(=O)c2ccc([C@@H](C)CC)cc2)CC1. The smallest absolute Gasteiger partial charge is 0.243 e. The minimum absolute atomic E-state index is 0.375. The van der Waals surface area contributed by atoms with Crippen molar-refractivity contribution in [3.05, 3.63) is 35.7 Å². The maximum atomic E-state index is 13.0. The standard InChI is InChI=1S/C19H30N6O2S/c1-4-10-25-19(20-21-22-25)15-23-11-13-24(14-12-23)28(26,27)18-8-6-17(7-9-18)16(3)5-2/h6-9,16H,4-5,10-15H2,1-3H3/t16-/m0/s1. The third-order valence-electron chi connectivity index (χ3n) is 5.44. The molecule has 1 aromatic carbocycles. The average molecular weight is 407 g/mol. The second-order valence-electron chi connectivity index (χ2n) is 7.38. The number of sulfonamides is 1. The first-order chi connectivity index (χ1) is 13.5. The molecule has 1 fully saturated rings. The van der Waals surface area contributed by atoms with Gasteiger partial charge in [-0.3, -0.25) is 4.90 Å². The van der Waals surface area contributed by atoms with E-state index in [1.54, 1.807) is 16.4 Å². The van der Waals surface area contributed by atoms with Gasteiger partial charge in [-0.1, -0.05) is 32.9 Å². The zero-order valence-corrected chi connectivity index (χ0v) is 17.8. The van der Waals surface area contributed by atoms with Gasteiger partial charge in [0.05, 0.1) is 11.4 Å². The highest BCUT2D eigenvalue weighted by Crippen LogP contribution is 2.23. The van der Waals surface area contributed by atoms with Crippen molar-refractivity contribution in [2.75, 3.05) is 26.2 Å². The molecule has 1 aliphatic rings. The molecule has 0 N–H and O–H groups in total. The molecule has 2 heterocycles. The number of aromatic nitrogens is 4. The van der Waals surface area contributed by atoms with E-state index in [1.165, 1.54) is 5.56 Å². The van der Waals surface area contributed by atoms with Gasteiger partial charge in [0.2, 0.25) is 10.0 Å². The highest BCUT2D eigenvalue weighted by Gasteiger charge is 2.29. The summed E-state index contributed by atoms with van der Waals surface area (Å²) in [7, 11) is -3.45. The van der Waals surface area contributed by atoms with Crippen molar-refractivity contribution in [2.24, 2.45) is 0 Å². The zero-order chi connectivity index (χ0) is 20.1. The molecule has 1 saturated heterocycles. The summed E-state index contributed by atoms with van der Waals surface area (Å²) >= 11 is 0. The number of aryl methyl sites for hydroxylation is 1. The van der Waals surface area contributed by atoms with Crippen LogP contribution >= 0.6 is 0 Å². The fraction of sp³-hybridized carbons (Fsp3) is 0.632. The molecule has 28 heavy (non-hydrogen) atoms. The van der Waals surface area contributed by atoms with Crippen molar-refractivity contribution in [3.8, 4) is 0 Å². The highest BCUT2D eigenvalue weighted by molar-refractivity contribution is 7.89. The lowest BCUT2D eigenvalue weighted by Crippen LogP contribution is -2.48. The molecule has 1 atom stereocenters. The molecule has 0 aliphatic carbocycles. The van der Waals surface area contributed by atoms with Gasteiger partial charge >= 0.3 is 0 Å². The monoisotopic (exact) mass is 406 g/mol. The summed E-state index contributed by atoms with van der Waals surface area (Å²) in [6.07, 6.45) is 2.01. The lowest BCUT2D eigenvalue weighted by molar-refractivity contribution is 0.175. The number of hydrogen-bond acceptors (Lipinski definition) is 6. The summed E-state index contributed by atoms with van der Waals surface area (Å²) in [5.41, 5.74) is 1.18. The number of benzene rings is 1. The molecule has 154 valence electrons. The first-order valence-electron chi connectivity index (χ1n) is 10.0. The average Bonchev–Trinajstić information content (AvgIpc) is 3.15. The summed E-state index contributed by atoms with van der Waals surface area (Å²) in [6, 6.07) is 7.35. The molecule has 8 nitrogen and oxygen atoms in total. The van der Waals surface area contributed by atoms with Crippen molar-refractivity contribution in [2.45, 2.75) is 57.5 Å². The topological polar surface area (TPSA) is 84.2 Å². The van der Waals surface area contributed by atoms with Crippen molar-refractivity contribution in [3.63, 3.8) is 0 Å². The minimum atomic E-state index is -3.45. The van der Waals surface area contributed by atoms with Crippen LogP contribution in [0.1, 0.15) is 50.9 Å². The van der Waals surface area contributed by atoms with E-state index in [-0.39, 0.29) is 0 Å². The van der Waals surface area contributed by atoms with Crippen LogP contribution in [0.15, 0.2) is 29.2 Å². The Morgan fingerprint density at radius 3 is 2.36 bits per heavy atom. The fourth-order valence-electron chi connectivity index (χ4n) is 3.40. The molecular formula is C19H30N6O2S. The molecule has 0 bridgehead atoms. The third-order valence-corrected chi connectivity index (χ3v) is 7.35. The van der Waals surface area contributed by atoms with Gasteiger partial charge in [0, 0.05) is 32.7 Å². The molecular weight excluding hydrogens is 376 g/mol. The Kier molecular flexibility index (Phi) is 6.79. The summed E-state index contributed by atoms with van der Waals surface area (Å²) in [4.78, 5) is 2.58. The normalized spacial score (nSPS) is 17.7. The molecule has 0 unspecified atom stereocenters. The highest BCUT2D eigenvalue weighted by atomic mass is 32.2. The number of nitrogens with zero attached hydrogens (tertiary/aromatic N) is 6. The quantitative estimate of drug-likeness (QED) is 0.668. The molecule has 3 rings (SSSR count). The van der Waals surface area contributed by atoms with Gasteiger partial charge in [-0.05, 0) is 46.9 Å². The van der Waals surface area contributed by atoms with Crippen LogP contribution in [0.5, 0.6) is 0 Å². The van der Waals surface area contributed by atoms with E-state index in [4.69, 9.17) is 0 Å². The summed E-state index contributed by atoms with van der Waals surface area (Å²) < 4.78 is 29.3.